The molecule has 0 aliphatic rings. The van der Waals surface area contributed by atoms with Gasteiger partial charge in [0.05, 0.1) is 11.3 Å². The molecular weight excluding hydrogens is 204 g/mol. The number of aryl methyl sites for hydroxylation is 1. The molecule has 0 fully saturated rings. The summed E-state index contributed by atoms with van der Waals surface area (Å²) in [4.78, 5) is 11.3. The van der Waals surface area contributed by atoms with Gasteiger partial charge in [0.25, 0.3) is 5.91 Å². The molecule has 2 aromatic rings. The lowest BCUT2D eigenvalue weighted by molar-refractivity contribution is 0.1000. The number of aromatic nitrogens is 2. The standard InChI is InChI=1S/C11H12N4O/c1-7-2-3-8(11(13)16)9(6-7)15-5-4-10(12)14-15/h2-6H,1H3,(H2,12,14)(H2,13,16). The highest BCUT2D eigenvalue weighted by atomic mass is 16.1. The first-order chi connectivity index (χ1) is 7.58. The van der Waals surface area contributed by atoms with E-state index in [0.717, 1.165) is 5.56 Å². The van der Waals surface area contributed by atoms with Crippen LogP contribution >= 0.6 is 0 Å². The molecule has 4 N–H and O–H groups in total. The van der Waals surface area contributed by atoms with E-state index in [9.17, 15) is 4.79 Å². The van der Waals surface area contributed by atoms with Crippen molar-refractivity contribution in [3.05, 3.63) is 41.6 Å². The fourth-order valence-corrected chi connectivity index (χ4v) is 1.51. The Balaban J connectivity index is 2.62. The molecule has 2 rings (SSSR count). The molecule has 0 saturated carbocycles. The molecule has 5 heteroatoms. The quantitative estimate of drug-likeness (QED) is 0.780. The van der Waals surface area contributed by atoms with Crippen molar-refractivity contribution in [2.75, 3.05) is 5.73 Å². The summed E-state index contributed by atoms with van der Waals surface area (Å²) < 4.78 is 1.54. The Bertz CT molecular complexity index is 545. The van der Waals surface area contributed by atoms with Gasteiger partial charge in [0.2, 0.25) is 0 Å². The number of nitrogens with zero attached hydrogens (tertiary/aromatic N) is 2. The van der Waals surface area contributed by atoms with Crippen LogP contribution in [0.2, 0.25) is 0 Å². The molecule has 1 aromatic heterocycles. The van der Waals surface area contributed by atoms with Gasteiger partial charge in [-0.1, -0.05) is 6.07 Å². The molecule has 0 spiro atoms. The van der Waals surface area contributed by atoms with Gasteiger partial charge in [-0.2, -0.15) is 5.10 Å². The highest BCUT2D eigenvalue weighted by Gasteiger charge is 2.10. The van der Waals surface area contributed by atoms with Gasteiger partial charge in [0, 0.05) is 12.3 Å². The fourth-order valence-electron chi connectivity index (χ4n) is 1.51. The van der Waals surface area contributed by atoms with E-state index in [0.29, 0.717) is 17.1 Å². The molecule has 1 heterocycles. The van der Waals surface area contributed by atoms with Gasteiger partial charge in [-0.05, 0) is 24.6 Å². The average molecular weight is 216 g/mol. The van der Waals surface area contributed by atoms with Gasteiger partial charge < -0.3 is 11.5 Å². The number of hydrogen-bond acceptors (Lipinski definition) is 3. The Kier molecular flexibility index (Phi) is 2.36. The summed E-state index contributed by atoms with van der Waals surface area (Å²) in [6, 6.07) is 7.01. The number of nitrogens with two attached hydrogens (primary N) is 2. The second-order valence-electron chi connectivity index (χ2n) is 3.57. The zero-order valence-electron chi connectivity index (χ0n) is 8.84. The lowest BCUT2D eigenvalue weighted by Crippen LogP contribution is -2.15. The Morgan fingerprint density at radius 1 is 1.38 bits per heavy atom. The van der Waals surface area contributed by atoms with Gasteiger partial charge in [0.1, 0.15) is 5.82 Å². The van der Waals surface area contributed by atoms with Gasteiger partial charge >= 0.3 is 0 Å². The number of carbonyl (C=O) groups is 1. The van der Waals surface area contributed by atoms with Crippen LogP contribution in [-0.2, 0) is 0 Å². The van der Waals surface area contributed by atoms with E-state index in [1.54, 1.807) is 23.0 Å². The van der Waals surface area contributed by atoms with Crippen LogP contribution in [0.4, 0.5) is 5.82 Å². The van der Waals surface area contributed by atoms with Crippen LogP contribution in [0.15, 0.2) is 30.5 Å². The minimum atomic E-state index is -0.482. The summed E-state index contributed by atoms with van der Waals surface area (Å²) in [5.74, 6) is -0.0824. The third-order valence-electron chi connectivity index (χ3n) is 2.28. The molecule has 0 saturated heterocycles. The number of nitrogen functional groups attached to an aromatic ring is 1. The first-order valence-corrected chi connectivity index (χ1v) is 4.80. The SMILES string of the molecule is Cc1ccc(C(N)=O)c(-n2ccc(N)n2)c1. The lowest BCUT2D eigenvalue weighted by Gasteiger charge is -2.07. The van der Waals surface area contributed by atoms with Crippen molar-refractivity contribution in [3.63, 3.8) is 0 Å². The second kappa shape index (κ2) is 3.69. The van der Waals surface area contributed by atoms with Crippen molar-refractivity contribution in [2.24, 2.45) is 5.73 Å². The highest BCUT2D eigenvalue weighted by molar-refractivity contribution is 5.96. The van der Waals surface area contributed by atoms with Crippen molar-refractivity contribution in [2.45, 2.75) is 6.92 Å². The molecule has 0 aliphatic heterocycles. The van der Waals surface area contributed by atoms with Crippen LogP contribution in [0.5, 0.6) is 0 Å². The summed E-state index contributed by atoms with van der Waals surface area (Å²) in [6.07, 6.45) is 1.69. The molecule has 0 aliphatic carbocycles. The van der Waals surface area contributed by atoms with Crippen LogP contribution in [0.3, 0.4) is 0 Å². The minimum absolute atomic E-state index is 0.400. The zero-order chi connectivity index (χ0) is 11.7. The monoisotopic (exact) mass is 216 g/mol. The highest BCUT2D eigenvalue weighted by Crippen LogP contribution is 2.16. The number of hydrogen-bond donors (Lipinski definition) is 2. The maximum Gasteiger partial charge on any atom is 0.250 e. The number of primary amides is 1. The normalized spacial score (nSPS) is 10.3. The van der Waals surface area contributed by atoms with Crippen LogP contribution in [-0.4, -0.2) is 15.7 Å². The first-order valence-electron chi connectivity index (χ1n) is 4.80. The van der Waals surface area contributed by atoms with E-state index in [2.05, 4.69) is 5.10 Å². The van der Waals surface area contributed by atoms with Crippen LogP contribution in [0.25, 0.3) is 5.69 Å². The first kappa shape index (κ1) is 10.2. The molecule has 16 heavy (non-hydrogen) atoms. The Labute approximate surface area is 92.7 Å². The predicted octanol–water partition coefficient (Wildman–Crippen LogP) is 0.862. The largest absolute Gasteiger partial charge is 0.382 e. The molecule has 1 amide bonds. The number of rotatable bonds is 2. The summed E-state index contributed by atoms with van der Waals surface area (Å²) in [7, 11) is 0. The van der Waals surface area contributed by atoms with Crippen LogP contribution in [0, 0.1) is 6.92 Å². The number of carbonyl (C=O) groups excluding carboxylic acids is 1. The lowest BCUT2D eigenvalue weighted by atomic mass is 10.1. The van der Waals surface area contributed by atoms with Crippen LogP contribution in [0.1, 0.15) is 15.9 Å². The van der Waals surface area contributed by atoms with E-state index in [1.807, 2.05) is 19.1 Å². The average Bonchev–Trinajstić information content (AvgIpc) is 2.64. The zero-order valence-corrected chi connectivity index (χ0v) is 8.84. The van der Waals surface area contributed by atoms with Crippen molar-refractivity contribution < 1.29 is 4.79 Å². The third-order valence-corrected chi connectivity index (χ3v) is 2.28. The van der Waals surface area contributed by atoms with Crippen molar-refractivity contribution >= 4 is 11.7 Å². The van der Waals surface area contributed by atoms with E-state index >= 15 is 0 Å². The summed E-state index contributed by atoms with van der Waals surface area (Å²) in [5, 5.41) is 4.05. The molecular formula is C11H12N4O. The number of benzene rings is 1. The maximum absolute atomic E-state index is 11.3. The minimum Gasteiger partial charge on any atom is -0.382 e. The molecule has 0 atom stereocenters. The van der Waals surface area contributed by atoms with Gasteiger partial charge in [-0.25, -0.2) is 4.68 Å². The van der Waals surface area contributed by atoms with E-state index in [-0.39, 0.29) is 0 Å². The molecule has 82 valence electrons. The molecule has 0 unspecified atom stereocenters. The predicted molar refractivity (Wildman–Crippen MR) is 61.2 cm³/mol. The topological polar surface area (TPSA) is 86.9 Å². The van der Waals surface area contributed by atoms with E-state index < -0.39 is 5.91 Å². The summed E-state index contributed by atoms with van der Waals surface area (Å²) >= 11 is 0. The Morgan fingerprint density at radius 3 is 2.69 bits per heavy atom. The molecule has 0 radical (unpaired) electrons. The Hall–Kier alpha value is -2.30. The van der Waals surface area contributed by atoms with Crippen LogP contribution < -0.4 is 11.5 Å². The Morgan fingerprint density at radius 2 is 2.12 bits per heavy atom. The van der Waals surface area contributed by atoms with Crippen molar-refractivity contribution in [1.29, 1.82) is 0 Å². The summed E-state index contributed by atoms with van der Waals surface area (Å²) in [5.41, 5.74) is 12.9. The van der Waals surface area contributed by atoms with E-state index in [4.69, 9.17) is 11.5 Å². The van der Waals surface area contributed by atoms with Crippen molar-refractivity contribution in [1.82, 2.24) is 9.78 Å². The molecule has 0 bridgehead atoms. The van der Waals surface area contributed by atoms with Crippen molar-refractivity contribution in [3.8, 4) is 5.69 Å². The smallest absolute Gasteiger partial charge is 0.250 e. The molecule has 5 nitrogen and oxygen atoms in total. The molecule has 1 aromatic carbocycles. The van der Waals surface area contributed by atoms with Gasteiger partial charge in [0.15, 0.2) is 0 Å². The maximum atomic E-state index is 11.3. The van der Waals surface area contributed by atoms with Gasteiger partial charge in [-0.15, -0.1) is 0 Å². The van der Waals surface area contributed by atoms with E-state index in [1.165, 1.54) is 0 Å². The number of anilines is 1. The summed E-state index contributed by atoms with van der Waals surface area (Å²) in [6.45, 7) is 1.93. The third kappa shape index (κ3) is 1.75. The number of amides is 1. The van der Waals surface area contributed by atoms with Gasteiger partial charge in [-0.3, -0.25) is 4.79 Å². The second-order valence-corrected chi connectivity index (χ2v) is 3.57. The fraction of sp³-hybridized carbons (Fsp3) is 0.0909.